The van der Waals surface area contributed by atoms with E-state index < -0.39 is 0 Å². The highest BCUT2D eigenvalue weighted by molar-refractivity contribution is 6.12. The molecule has 41 heavy (non-hydrogen) atoms. The number of fused-ring (bicyclic) bond motifs is 12. The third-order valence-corrected chi connectivity index (χ3v) is 8.41. The van der Waals surface area contributed by atoms with Crippen molar-refractivity contribution in [2.75, 3.05) is 0 Å². The number of benzene rings is 5. The van der Waals surface area contributed by atoms with Crippen LogP contribution in [0.1, 0.15) is 0 Å². The zero-order valence-corrected chi connectivity index (χ0v) is 22.1. The van der Waals surface area contributed by atoms with Gasteiger partial charge in [0.2, 0.25) is 0 Å². The molecular weight excluding hydrogens is 498 g/mol. The Morgan fingerprint density at radius 1 is 0.463 bits per heavy atom. The maximum Gasteiger partial charge on any atom is 0.159 e. The van der Waals surface area contributed by atoms with Crippen molar-refractivity contribution in [2.24, 2.45) is 0 Å². The summed E-state index contributed by atoms with van der Waals surface area (Å²) in [5.74, 6) is 0. The third-order valence-electron chi connectivity index (χ3n) is 8.41. The first-order valence-electron chi connectivity index (χ1n) is 13.9. The summed E-state index contributed by atoms with van der Waals surface area (Å²) < 4.78 is 2.43. The second-order valence-electron chi connectivity index (χ2n) is 10.6. The molecule has 8 aromatic rings. The van der Waals surface area contributed by atoms with Crippen molar-refractivity contribution in [2.45, 2.75) is 0 Å². The second kappa shape index (κ2) is 8.48. The number of rotatable bonds is 1. The Morgan fingerprint density at radius 2 is 1.05 bits per heavy atom. The van der Waals surface area contributed by atoms with Crippen molar-refractivity contribution >= 4 is 32.8 Å². The molecule has 0 saturated heterocycles. The molecule has 5 aromatic carbocycles. The minimum absolute atomic E-state index is 0.755. The molecule has 1 aliphatic rings. The molecule has 0 bridgehead atoms. The third kappa shape index (κ3) is 3.14. The van der Waals surface area contributed by atoms with E-state index in [2.05, 4.69) is 137 Å². The van der Waals surface area contributed by atoms with Crippen LogP contribution in [-0.2, 0) is 0 Å². The Morgan fingerprint density at radius 3 is 1.78 bits per heavy atom. The SMILES string of the molecule is c1ccc2c(c1)-c1ccccc1-c1nc3ncccc3cc1-c1c-2cccc1-n1c2ccccc2c2ccccc21. The topological polar surface area (TPSA) is 30.7 Å². The summed E-state index contributed by atoms with van der Waals surface area (Å²) in [4.78, 5) is 9.91. The highest BCUT2D eigenvalue weighted by Gasteiger charge is 2.26. The van der Waals surface area contributed by atoms with Crippen LogP contribution in [0.5, 0.6) is 0 Å². The van der Waals surface area contributed by atoms with Crippen molar-refractivity contribution in [1.29, 1.82) is 0 Å². The lowest BCUT2D eigenvalue weighted by molar-refractivity contribution is 1.18. The summed E-state index contributed by atoms with van der Waals surface area (Å²) in [6.07, 6.45) is 1.82. The Hall–Kier alpha value is -5.54. The maximum absolute atomic E-state index is 5.26. The molecule has 0 radical (unpaired) electrons. The van der Waals surface area contributed by atoms with Crippen LogP contribution in [0, 0.1) is 0 Å². The van der Waals surface area contributed by atoms with Crippen molar-refractivity contribution in [1.82, 2.24) is 14.5 Å². The fourth-order valence-corrected chi connectivity index (χ4v) is 6.69. The van der Waals surface area contributed by atoms with Gasteiger partial charge in [0.1, 0.15) is 0 Å². The fourth-order valence-electron chi connectivity index (χ4n) is 6.69. The van der Waals surface area contributed by atoms with E-state index in [1.165, 1.54) is 49.6 Å². The lowest BCUT2D eigenvalue weighted by Gasteiger charge is -2.25. The van der Waals surface area contributed by atoms with Gasteiger partial charge >= 0.3 is 0 Å². The number of nitrogens with zero attached hydrogens (tertiary/aromatic N) is 3. The van der Waals surface area contributed by atoms with Gasteiger partial charge in [-0.05, 0) is 58.7 Å². The van der Waals surface area contributed by atoms with E-state index in [0.29, 0.717) is 0 Å². The molecule has 3 aromatic heterocycles. The van der Waals surface area contributed by atoms with Gasteiger partial charge in [-0.1, -0.05) is 97.1 Å². The van der Waals surface area contributed by atoms with Crippen molar-refractivity contribution in [3.05, 3.63) is 140 Å². The summed E-state index contributed by atoms with van der Waals surface area (Å²) in [5.41, 5.74) is 13.4. The van der Waals surface area contributed by atoms with Gasteiger partial charge in [-0.2, -0.15) is 0 Å². The van der Waals surface area contributed by atoms with Gasteiger partial charge in [-0.25, -0.2) is 9.97 Å². The molecule has 3 nitrogen and oxygen atoms in total. The normalized spacial score (nSPS) is 11.9. The van der Waals surface area contributed by atoms with Gasteiger partial charge in [0, 0.05) is 39.0 Å². The summed E-state index contributed by atoms with van der Waals surface area (Å²) >= 11 is 0. The lowest BCUT2D eigenvalue weighted by atomic mass is 9.82. The van der Waals surface area contributed by atoms with Crippen LogP contribution in [0.2, 0.25) is 0 Å². The van der Waals surface area contributed by atoms with Crippen LogP contribution in [0.25, 0.3) is 83.2 Å². The number of aromatic nitrogens is 3. The Balaban J connectivity index is 1.52. The zero-order valence-electron chi connectivity index (χ0n) is 22.1. The second-order valence-corrected chi connectivity index (χ2v) is 10.6. The smallest absolute Gasteiger partial charge is 0.159 e. The van der Waals surface area contributed by atoms with Gasteiger partial charge in [-0.15, -0.1) is 0 Å². The lowest BCUT2D eigenvalue weighted by Crippen LogP contribution is -2.04. The summed E-state index contributed by atoms with van der Waals surface area (Å²) in [6.45, 7) is 0. The van der Waals surface area contributed by atoms with E-state index in [-0.39, 0.29) is 0 Å². The minimum atomic E-state index is 0.755. The van der Waals surface area contributed by atoms with Gasteiger partial charge in [0.05, 0.1) is 22.4 Å². The Bertz CT molecular complexity index is 2270. The predicted molar refractivity (Wildman–Crippen MR) is 169 cm³/mol. The van der Waals surface area contributed by atoms with Crippen LogP contribution in [0.15, 0.2) is 140 Å². The van der Waals surface area contributed by atoms with Crippen LogP contribution >= 0.6 is 0 Å². The van der Waals surface area contributed by atoms with E-state index in [0.717, 1.165) is 33.5 Å². The molecule has 0 saturated carbocycles. The molecule has 190 valence electrons. The van der Waals surface area contributed by atoms with Crippen LogP contribution in [-0.4, -0.2) is 14.5 Å². The summed E-state index contributed by atoms with van der Waals surface area (Å²) in [6, 6.07) is 47.9. The first-order chi connectivity index (χ1) is 20.4. The molecule has 0 amide bonds. The van der Waals surface area contributed by atoms with E-state index in [1.54, 1.807) is 0 Å². The van der Waals surface area contributed by atoms with Gasteiger partial charge < -0.3 is 4.57 Å². The van der Waals surface area contributed by atoms with Crippen LogP contribution in [0.3, 0.4) is 0 Å². The van der Waals surface area contributed by atoms with E-state index >= 15 is 0 Å². The number of para-hydroxylation sites is 2. The van der Waals surface area contributed by atoms with Gasteiger partial charge in [-0.3, -0.25) is 0 Å². The van der Waals surface area contributed by atoms with Gasteiger partial charge in [0.15, 0.2) is 5.65 Å². The number of hydrogen-bond acceptors (Lipinski definition) is 2. The fraction of sp³-hybridized carbons (Fsp3) is 0. The molecule has 1 aliphatic carbocycles. The largest absolute Gasteiger partial charge is 0.309 e. The molecular formula is C38H23N3. The van der Waals surface area contributed by atoms with Crippen molar-refractivity contribution < 1.29 is 0 Å². The zero-order chi connectivity index (χ0) is 26.9. The Labute approximate surface area is 237 Å². The average molecular weight is 522 g/mol. The molecule has 0 spiro atoms. The quantitative estimate of drug-likeness (QED) is 0.215. The monoisotopic (exact) mass is 521 g/mol. The highest BCUT2D eigenvalue weighted by Crippen LogP contribution is 2.50. The van der Waals surface area contributed by atoms with E-state index in [1.807, 2.05) is 12.3 Å². The van der Waals surface area contributed by atoms with Crippen molar-refractivity contribution in [3.8, 4) is 50.3 Å². The summed E-state index contributed by atoms with van der Waals surface area (Å²) in [7, 11) is 0. The average Bonchev–Trinajstić information content (AvgIpc) is 3.37. The molecule has 0 fully saturated rings. The van der Waals surface area contributed by atoms with E-state index in [4.69, 9.17) is 4.98 Å². The Kier molecular flexibility index (Phi) is 4.61. The van der Waals surface area contributed by atoms with Crippen molar-refractivity contribution in [3.63, 3.8) is 0 Å². The maximum atomic E-state index is 5.26. The highest BCUT2D eigenvalue weighted by atomic mass is 15.0. The first-order valence-corrected chi connectivity index (χ1v) is 13.9. The standard InChI is InChI=1S/C38H23N3/c1-2-13-26-25(12-1)27-14-3-4-17-31(27)37-32(23-24-11-10-22-39-38(24)40-37)36-30(26)18-9-21-35(36)41-33-19-7-5-15-28(33)29-16-6-8-20-34(29)41/h1-23H. The molecule has 0 atom stereocenters. The molecule has 3 heterocycles. The molecule has 9 rings (SSSR count). The number of pyridine rings is 2. The van der Waals surface area contributed by atoms with Gasteiger partial charge in [0.25, 0.3) is 0 Å². The molecule has 3 heteroatoms. The molecule has 0 unspecified atom stereocenters. The van der Waals surface area contributed by atoms with Crippen LogP contribution < -0.4 is 0 Å². The molecule has 0 aliphatic heterocycles. The minimum Gasteiger partial charge on any atom is -0.309 e. The van der Waals surface area contributed by atoms with Crippen LogP contribution in [0.4, 0.5) is 0 Å². The summed E-state index contributed by atoms with van der Waals surface area (Å²) in [5, 5.41) is 3.53. The molecule has 0 N–H and O–H groups in total. The van der Waals surface area contributed by atoms with E-state index in [9.17, 15) is 0 Å². The first kappa shape index (κ1) is 22.3. The number of hydrogen-bond donors (Lipinski definition) is 0. The predicted octanol–water partition coefficient (Wildman–Crippen LogP) is 9.71.